The van der Waals surface area contributed by atoms with Crippen LogP contribution in [0.3, 0.4) is 0 Å². The van der Waals surface area contributed by atoms with Crippen molar-refractivity contribution in [2.45, 2.75) is 6.92 Å². The fourth-order valence-electron chi connectivity index (χ4n) is 2.33. The third kappa shape index (κ3) is 2.16. The van der Waals surface area contributed by atoms with Crippen molar-refractivity contribution in [3.05, 3.63) is 54.9 Å². The van der Waals surface area contributed by atoms with Crippen LogP contribution in [0.2, 0.25) is 0 Å². The molecule has 0 spiro atoms. The summed E-state index contributed by atoms with van der Waals surface area (Å²) in [6.45, 7) is 2.87. The molecule has 1 aromatic heterocycles. The quantitative estimate of drug-likeness (QED) is 0.788. The summed E-state index contributed by atoms with van der Waals surface area (Å²) in [4.78, 5) is 10.7. The van der Waals surface area contributed by atoms with Gasteiger partial charge in [-0.05, 0) is 18.4 Å². The maximum absolute atomic E-state index is 5.65. The molecular formula is C16H16N4. The Morgan fingerprint density at radius 3 is 2.45 bits per heavy atom. The zero-order chi connectivity index (χ0) is 13.9. The molecule has 100 valence electrons. The van der Waals surface area contributed by atoms with Gasteiger partial charge in [0.25, 0.3) is 0 Å². The lowest BCUT2D eigenvalue weighted by Crippen LogP contribution is -2.19. The molecular weight excluding hydrogens is 248 g/mol. The SMILES string of the molecule is CCN(c1ncc(N)cn1)c1cccc2ccccc12. The molecule has 20 heavy (non-hydrogen) atoms. The monoisotopic (exact) mass is 264 g/mol. The van der Waals surface area contributed by atoms with Crippen molar-refractivity contribution in [1.82, 2.24) is 9.97 Å². The van der Waals surface area contributed by atoms with Gasteiger partial charge in [0.1, 0.15) is 0 Å². The molecule has 0 aliphatic heterocycles. The van der Waals surface area contributed by atoms with Crippen molar-refractivity contribution in [3.63, 3.8) is 0 Å². The molecule has 0 bridgehead atoms. The Morgan fingerprint density at radius 2 is 1.70 bits per heavy atom. The van der Waals surface area contributed by atoms with Crippen LogP contribution in [0.25, 0.3) is 10.8 Å². The standard InChI is InChI=1S/C16H16N4/c1-2-20(16-18-10-13(17)11-19-16)15-9-5-7-12-6-3-4-8-14(12)15/h3-11H,2,17H2,1H3. The predicted molar refractivity (Wildman–Crippen MR) is 83.1 cm³/mol. The van der Waals surface area contributed by atoms with Gasteiger partial charge in [-0.25, -0.2) is 9.97 Å². The molecule has 0 aliphatic carbocycles. The molecule has 0 unspecified atom stereocenters. The summed E-state index contributed by atoms with van der Waals surface area (Å²) < 4.78 is 0. The van der Waals surface area contributed by atoms with Crippen molar-refractivity contribution < 1.29 is 0 Å². The summed E-state index contributed by atoms with van der Waals surface area (Å²) in [7, 11) is 0. The van der Waals surface area contributed by atoms with Crippen LogP contribution in [0.5, 0.6) is 0 Å². The highest BCUT2D eigenvalue weighted by Gasteiger charge is 2.12. The Kier molecular flexibility index (Phi) is 3.21. The highest BCUT2D eigenvalue weighted by molar-refractivity contribution is 5.95. The number of anilines is 3. The van der Waals surface area contributed by atoms with E-state index >= 15 is 0 Å². The molecule has 0 radical (unpaired) electrons. The third-order valence-electron chi connectivity index (χ3n) is 3.27. The van der Waals surface area contributed by atoms with E-state index in [4.69, 9.17) is 5.73 Å². The van der Waals surface area contributed by atoms with E-state index in [1.165, 1.54) is 10.8 Å². The molecule has 2 aromatic carbocycles. The number of nitrogen functional groups attached to an aromatic ring is 1. The number of nitrogens with two attached hydrogens (primary N) is 1. The fourth-order valence-corrected chi connectivity index (χ4v) is 2.33. The first-order valence-corrected chi connectivity index (χ1v) is 6.62. The zero-order valence-electron chi connectivity index (χ0n) is 11.3. The van der Waals surface area contributed by atoms with Gasteiger partial charge >= 0.3 is 0 Å². The van der Waals surface area contributed by atoms with Gasteiger partial charge in [0.15, 0.2) is 0 Å². The molecule has 0 amide bonds. The van der Waals surface area contributed by atoms with Crippen LogP contribution in [0.15, 0.2) is 54.9 Å². The van der Waals surface area contributed by atoms with Crippen LogP contribution in [-0.2, 0) is 0 Å². The zero-order valence-corrected chi connectivity index (χ0v) is 11.3. The third-order valence-corrected chi connectivity index (χ3v) is 3.27. The van der Waals surface area contributed by atoms with Crippen LogP contribution in [0.1, 0.15) is 6.92 Å². The van der Waals surface area contributed by atoms with Crippen LogP contribution in [0, 0.1) is 0 Å². The van der Waals surface area contributed by atoms with Crippen molar-refractivity contribution in [2.24, 2.45) is 0 Å². The molecule has 2 N–H and O–H groups in total. The summed E-state index contributed by atoms with van der Waals surface area (Å²) in [5.41, 5.74) is 7.33. The van der Waals surface area contributed by atoms with Crippen molar-refractivity contribution in [3.8, 4) is 0 Å². The lowest BCUT2D eigenvalue weighted by atomic mass is 10.1. The highest BCUT2D eigenvalue weighted by atomic mass is 15.2. The van der Waals surface area contributed by atoms with Gasteiger partial charge in [-0.1, -0.05) is 36.4 Å². The number of nitrogens with zero attached hydrogens (tertiary/aromatic N) is 3. The average molecular weight is 264 g/mol. The maximum Gasteiger partial charge on any atom is 0.229 e. The highest BCUT2D eigenvalue weighted by Crippen LogP contribution is 2.30. The number of hydrogen-bond donors (Lipinski definition) is 1. The van der Waals surface area contributed by atoms with Crippen molar-refractivity contribution in [1.29, 1.82) is 0 Å². The smallest absolute Gasteiger partial charge is 0.229 e. The minimum absolute atomic E-state index is 0.572. The number of hydrogen-bond acceptors (Lipinski definition) is 4. The Hall–Kier alpha value is -2.62. The van der Waals surface area contributed by atoms with E-state index < -0.39 is 0 Å². The molecule has 1 heterocycles. The molecule has 0 saturated heterocycles. The van der Waals surface area contributed by atoms with E-state index in [1.54, 1.807) is 12.4 Å². The normalized spacial score (nSPS) is 10.7. The maximum atomic E-state index is 5.65. The largest absolute Gasteiger partial charge is 0.396 e. The first-order chi connectivity index (χ1) is 9.79. The number of fused-ring (bicyclic) bond motifs is 1. The number of aromatic nitrogens is 2. The summed E-state index contributed by atoms with van der Waals surface area (Å²) in [5, 5.41) is 2.40. The summed E-state index contributed by atoms with van der Waals surface area (Å²) in [6, 6.07) is 14.6. The fraction of sp³-hybridized carbons (Fsp3) is 0.125. The van der Waals surface area contributed by atoms with Crippen LogP contribution in [0.4, 0.5) is 17.3 Å². The van der Waals surface area contributed by atoms with E-state index in [1.807, 2.05) is 12.1 Å². The molecule has 4 heteroatoms. The predicted octanol–water partition coefficient (Wildman–Crippen LogP) is 3.37. The van der Waals surface area contributed by atoms with Crippen molar-refractivity contribution in [2.75, 3.05) is 17.2 Å². The number of benzene rings is 2. The second-order valence-corrected chi connectivity index (χ2v) is 4.56. The summed E-state index contributed by atoms with van der Waals surface area (Å²) in [6.07, 6.45) is 3.27. The molecule has 0 aliphatic rings. The van der Waals surface area contributed by atoms with E-state index in [0.717, 1.165) is 12.2 Å². The first kappa shape index (κ1) is 12.4. The van der Waals surface area contributed by atoms with Gasteiger partial charge in [-0.2, -0.15) is 0 Å². The molecule has 0 fully saturated rings. The second-order valence-electron chi connectivity index (χ2n) is 4.56. The van der Waals surface area contributed by atoms with Gasteiger partial charge in [-0.15, -0.1) is 0 Å². The average Bonchev–Trinajstić information content (AvgIpc) is 2.50. The summed E-state index contributed by atoms with van der Waals surface area (Å²) in [5.74, 6) is 0.665. The van der Waals surface area contributed by atoms with E-state index in [0.29, 0.717) is 11.6 Å². The van der Waals surface area contributed by atoms with Gasteiger partial charge in [-0.3, -0.25) is 0 Å². The van der Waals surface area contributed by atoms with E-state index in [2.05, 4.69) is 52.1 Å². The molecule has 0 saturated carbocycles. The number of rotatable bonds is 3. The van der Waals surface area contributed by atoms with Gasteiger partial charge in [0, 0.05) is 11.9 Å². The van der Waals surface area contributed by atoms with Crippen LogP contribution < -0.4 is 10.6 Å². The Morgan fingerprint density at radius 1 is 1.00 bits per heavy atom. The van der Waals surface area contributed by atoms with Gasteiger partial charge in [0.2, 0.25) is 5.95 Å². The Balaban J connectivity index is 2.14. The Labute approximate surface area is 117 Å². The van der Waals surface area contributed by atoms with Gasteiger partial charge < -0.3 is 10.6 Å². The topological polar surface area (TPSA) is 55.0 Å². The molecule has 3 aromatic rings. The Bertz CT molecular complexity index is 717. The minimum Gasteiger partial charge on any atom is -0.396 e. The molecule has 3 rings (SSSR count). The lowest BCUT2D eigenvalue weighted by Gasteiger charge is -2.22. The van der Waals surface area contributed by atoms with Crippen LogP contribution in [-0.4, -0.2) is 16.5 Å². The van der Waals surface area contributed by atoms with E-state index in [-0.39, 0.29) is 0 Å². The van der Waals surface area contributed by atoms with Crippen LogP contribution >= 0.6 is 0 Å². The molecule has 0 atom stereocenters. The molecule has 4 nitrogen and oxygen atoms in total. The van der Waals surface area contributed by atoms with Crippen molar-refractivity contribution >= 4 is 28.1 Å². The minimum atomic E-state index is 0.572. The lowest BCUT2D eigenvalue weighted by molar-refractivity contribution is 0.952. The van der Waals surface area contributed by atoms with E-state index in [9.17, 15) is 0 Å². The first-order valence-electron chi connectivity index (χ1n) is 6.62. The summed E-state index contributed by atoms with van der Waals surface area (Å²) >= 11 is 0. The second kappa shape index (κ2) is 5.17. The van der Waals surface area contributed by atoms with Gasteiger partial charge in [0.05, 0.1) is 23.8 Å².